The van der Waals surface area contributed by atoms with Gasteiger partial charge in [0.05, 0.1) is 36.2 Å². The van der Waals surface area contributed by atoms with Crippen molar-refractivity contribution in [2.24, 2.45) is 7.05 Å². The number of halogens is 4. The number of aromatic nitrogens is 3. The van der Waals surface area contributed by atoms with Crippen LogP contribution < -0.4 is 25.2 Å². The average molecular weight is 723 g/mol. The molecule has 0 unspecified atom stereocenters. The number of rotatable bonds is 11. The number of amides is 1. The standard InChI is InChI=1S/C37H38F4N6O5/c1-23-34(45(3)36(49)47(23)26-9-6-24(7-10-26)37(39,40)41)35(48)43-25-8-11-31(28(38)20-25)52-30-12-13-42-29-22-33(32(50-4)21-27(29)30)51-19-5-14-46-17-15-44(2)16-18-46/h6-13,20-22H,5,14-19H2,1-4H3,(H,43,48). The highest BCUT2D eigenvalue weighted by Crippen LogP contribution is 2.38. The Hall–Kier alpha value is -5.41. The number of methoxy groups -OCH3 is 1. The Morgan fingerprint density at radius 1 is 0.923 bits per heavy atom. The summed E-state index contributed by atoms with van der Waals surface area (Å²) in [5, 5.41) is 3.15. The number of nitrogens with one attached hydrogen (secondary N) is 1. The Morgan fingerprint density at radius 2 is 1.65 bits per heavy atom. The molecule has 52 heavy (non-hydrogen) atoms. The topological polar surface area (TPSA) is 103 Å². The Bertz CT molecular complexity index is 2140. The van der Waals surface area contributed by atoms with E-state index >= 15 is 4.39 Å². The fourth-order valence-electron chi connectivity index (χ4n) is 6.16. The molecule has 11 nitrogen and oxygen atoms in total. The van der Waals surface area contributed by atoms with Crippen LogP contribution in [0.4, 0.5) is 23.2 Å². The number of ether oxygens (including phenoxy) is 3. The van der Waals surface area contributed by atoms with Gasteiger partial charge in [0.1, 0.15) is 11.4 Å². The van der Waals surface area contributed by atoms with Gasteiger partial charge in [0.2, 0.25) is 0 Å². The molecule has 3 heterocycles. The zero-order valence-electron chi connectivity index (χ0n) is 29.1. The second-order valence-corrected chi connectivity index (χ2v) is 12.5. The van der Waals surface area contributed by atoms with Gasteiger partial charge in [0.15, 0.2) is 23.1 Å². The molecule has 1 amide bonds. The van der Waals surface area contributed by atoms with Gasteiger partial charge >= 0.3 is 11.9 Å². The summed E-state index contributed by atoms with van der Waals surface area (Å²) in [6.45, 7) is 7.10. The van der Waals surface area contributed by atoms with Crippen molar-refractivity contribution in [2.75, 3.05) is 58.8 Å². The lowest BCUT2D eigenvalue weighted by Gasteiger charge is -2.32. The largest absolute Gasteiger partial charge is 0.493 e. The van der Waals surface area contributed by atoms with Crippen LogP contribution in [0.1, 0.15) is 28.2 Å². The highest BCUT2D eigenvalue weighted by atomic mass is 19.4. The second kappa shape index (κ2) is 15.1. The summed E-state index contributed by atoms with van der Waals surface area (Å²) in [5.41, 5.74) is -0.590. The molecule has 0 bridgehead atoms. The van der Waals surface area contributed by atoms with Gasteiger partial charge in [0, 0.05) is 69.2 Å². The van der Waals surface area contributed by atoms with Crippen LogP contribution >= 0.6 is 0 Å². The highest BCUT2D eigenvalue weighted by molar-refractivity contribution is 6.04. The van der Waals surface area contributed by atoms with E-state index in [9.17, 15) is 22.8 Å². The van der Waals surface area contributed by atoms with Gasteiger partial charge < -0.3 is 29.3 Å². The summed E-state index contributed by atoms with van der Waals surface area (Å²) in [6.07, 6.45) is -2.15. The Balaban J connectivity index is 1.14. The fourth-order valence-corrected chi connectivity index (χ4v) is 6.16. The lowest BCUT2D eigenvalue weighted by Crippen LogP contribution is -2.44. The third-order valence-electron chi connectivity index (χ3n) is 9.03. The third kappa shape index (κ3) is 7.75. The molecule has 0 atom stereocenters. The van der Waals surface area contributed by atoms with Gasteiger partial charge in [-0.05, 0) is 68.9 Å². The number of nitrogens with zero attached hydrogens (tertiary/aromatic N) is 5. The number of likely N-dealkylation sites (N-methyl/N-ethyl adjacent to an activating group) is 1. The Morgan fingerprint density at radius 3 is 2.33 bits per heavy atom. The van der Waals surface area contributed by atoms with E-state index in [1.54, 1.807) is 18.2 Å². The number of alkyl halides is 3. The average Bonchev–Trinajstić information content (AvgIpc) is 3.34. The van der Waals surface area contributed by atoms with Gasteiger partial charge in [-0.15, -0.1) is 0 Å². The van der Waals surface area contributed by atoms with Crippen LogP contribution in [-0.2, 0) is 13.2 Å². The molecule has 1 N–H and O–H groups in total. The SMILES string of the molecule is COc1cc2c(Oc3ccc(NC(=O)c4c(C)n(-c5ccc(C(F)(F)F)cc5)c(=O)n4C)cc3F)ccnc2cc1OCCCN1CCN(C)CC1. The molecule has 0 saturated carbocycles. The molecule has 5 aromatic rings. The predicted octanol–water partition coefficient (Wildman–Crippen LogP) is 6.26. The minimum absolute atomic E-state index is 0.0544. The van der Waals surface area contributed by atoms with E-state index in [1.807, 2.05) is 0 Å². The number of carbonyl (C=O) groups excluding carboxylic acids is 1. The molecule has 274 valence electrons. The zero-order chi connectivity index (χ0) is 37.2. The van der Waals surface area contributed by atoms with Crippen LogP contribution in [0.2, 0.25) is 0 Å². The van der Waals surface area contributed by atoms with Crippen molar-refractivity contribution in [2.45, 2.75) is 19.5 Å². The van der Waals surface area contributed by atoms with Crippen molar-refractivity contribution in [1.82, 2.24) is 23.9 Å². The lowest BCUT2D eigenvalue weighted by atomic mass is 10.1. The molecular weight excluding hydrogens is 684 g/mol. The maximum Gasteiger partial charge on any atom is 0.416 e. The van der Waals surface area contributed by atoms with Gasteiger partial charge in [-0.25, -0.2) is 9.18 Å². The van der Waals surface area contributed by atoms with E-state index in [1.165, 1.54) is 39.4 Å². The number of carbonyl (C=O) groups is 1. The first-order valence-corrected chi connectivity index (χ1v) is 16.6. The normalized spacial score (nSPS) is 14.1. The van der Waals surface area contributed by atoms with Crippen molar-refractivity contribution >= 4 is 22.5 Å². The van der Waals surface area contributed by atoms with Crippen LogP contribution in [0.3, 0.4) is 0 Å². The molecule has 0 aliphatic carbocycles. The second-order valence-electron chi connectivity index (χ2n) is 12.5. The molecule has 0 radical (unpaired) electrons. The van der Waals surface area contributed by atoms with Gasteiger partial charge in [0.25, 0.3) is 5.91 Å². The van der Waals surface area contributed by atoms with Crippen molar-refractivity contribution in [3.63, 3.8) is 0 Å². The molecule has 6 rings (SSSR count). The summed E-state index contributed by atoms with van der Waals surface area (Å²) in [4.78, 5) is 35.5. The smallest absolute Gasteiger partial charge is 0.416 e. The van der Waals surface area contributed by atoms with Crippen molar-refractivity contribution in [3.05, 3.63) is 100 Å². The van der Waals surface area contributed by atoms with Crippen molar-refractivity contribution in [1.29, 1.82) is 0 Å². The number of hydrogen-bond acceptors (Lipinski definition) is 8. The van der Waals surface area contributed by atoms with E-state index in [0.717, 1.165) is 78.6 Å². The number of pyridine rings is 1. The first-order chi connectivity index (χ1) is 24.8. The highest BCUT2D eigenvalue weighted by Gasteiger charge is 2.30. The van der Waals surface area contributed by atoms with E-state index in [2.05, 4.69) is 27.1 Å². The molecule has 0 spiro atoms. The number of anilines is 1. The van der Waals surface area contributed by atoms with Crippen LogP contribution in [0.25, 0.3) is 16.6 Å². The molecule has 3 aromatic carbocycles. The van der Waals surface area contributed by atoms with E-state index < -0.39 is 29.2 Å². The number of piperazine rings is 1. The fraction of sp³-hybridized carbons (Fsp3) is 0.324. The summed E-state index contributed by atoms with van der Waals surface area (Å²) in [7, 11) is 5.02. The Kier molecular flexibility index (Phi) is 10.5. The van der Waals surface area contributed by atoms with E-state index in [-0.39, 0.29) is 28.5 Å². The Labute approximate surface area is 296 Å². The van der Waals surface area contributed by atoms with Gasteiger partial charge in [-0.3, -0.25) is 18.9 Å². The lowest BCUT2D eigenvalue weighted by molar-refractivity contribution is -0.137. The first-order valence-electron chi connectivity index (χ1n) is 16.6. The van der Waals surface area contributed by atoms with Gasteiger partial charge in [-0.1, -0.05) is 0 Å². The predicted molar refractivity (Wildman–Crippen MR) is 188 cm³/mol. The molecule has 15 heteroatoms. The molecule has 2 aromatic heterocycles. The monoisotopic (exact) mass is 722 g/mol. The summed E-state index contributed by atoms with van der Waals surface area (Å²) in [5.74, 6) is -0.294. The molecule has 1 aliphatic heterocycles. The van der Waals surface area contributed by atoms with E-state index in [0.29, 0.717) is 34.8 Å². The summed E-state index contributed by atoms with van der Waals surface area (Å²) < 4.78 is 74.4. The zero-order valence-corrected chi connectivity index (χ0v) is 29.1. The number of imidazole rings is 1. The maximum atomic E-state index is 15.4. The van der Waals surface area contributed by atoms with Crippen LogP contribution in [-0.4, -0.2) is 83.3 Å². The number of fused-ring (bicyclic) bond motifs is 1. The van der Waals surface area contributed by atoms with Crippen molar-refractivity contribution in [3.8, 4) is 28.7 Å². The van der Waals surface area contributed by atoms with Crippen LogP contribution in [0.5, 0.6) is 23.0 Å². The molecular formula is C37H38F4N6O5. The summed E-state index contributed by atoms with van der Waals surface area (Å²) >= 11 is 0. The maximum absolute atomic E-state index is 15.4. The minimum atomic E-state index is -4.54. The van der Waals surface area contributed by atoms with E-state index in [4.69, 9.17) is 14.2 Å². The quantitative estimate of drug-likeness (QED) is 0.126. The van der Waals surface area contributed by atoms with Gasteiger partial charge in [-0.2, -0.15) is 13.2 Å². The summed E-state index contributed by atoms with van der Waals surface area (Å²) in [6, 6.07) is 13.0. The van der Waals surface area contributed by atoms with Crippen LogP contribution in [0, 0.1) is 12.7 Å². The van der Waals surface area contributed by atoms with Crippen molar-refractivity contribution < 1.29 is 36.6 Å². The molecule has 1 saturated heterocycles. The number of benzene rings is 3. The molecule has 1 fully saturated rings. The first kappa shape index (κ1) is 36.4. The molecule has 1 aliphatic rings. The number of hydrogen-bond donors (Lipinski definition) is 1. The minimum Gasteiger partial charge on any atom is -0.493 e. The third-order valence-corrected chi connectivity index (χ3v) is 9.03. The van der Waals surface area contributed by atoms with Crippen LogP contribution in [0.15, 0.2) is 71.7 Å².